The summed E-state index contributed by atoms with van der Waals surface area (Å²) in [6, 6.07) is 2.37. The van der Waals surface area contributed by atoms with E-state index >= 15 is 0 Å². The van der Waals surface area contributed by atoms with Gasteiger partial charge < -0.3 is 19.5 Å². The number of ether oxygens (including phenoxy) is 2. The molecule has 1 aliphatic rings. The van der Waals surface area contributed by atoms with Crippen molar-refractivity contribution in [3.8, 4) is 11.5 Å². The zero-order valence-electron chi connectivity index (χ0n) is 12.1. The summed E-state index contributed by atoms with van der Waals surface area (Å²) in [7, 11) is 2.42. The first-order chi connectivity index (χ1) is 10.3. The molecule has 0 aliphatic carbocycles. The summed E-state index contributed by atoms with van der Waals surface area (Å²) in [5.74, 6) is -0.405. The van der Waals surface area contributed by atoms with Crippen molar-refractivity contribution in [1.82, 2.24) is 4.90 Å². The van der Waals surface area contributed by atoms with Crippen LogP contribution in [0.5, 0.6) is 11.5 Å². The van der Waals surface area contributed by atoms with Crippen molar-refractivity contribution >= 4 is 17.2 Å². The molecule has 1 aromatic rings. The Balaban J connectivity index is 2.46. The summed E-state index contributed by atoms with van der Waals surface area (Å²) in [6.07, 6.45) is -4.56. The van der Waals surface area contributed by atoms with Crippen LogP contribution >= 0.6 is 12.2 Å². The van der Waals surface area contributed by atoms with Crippen LogP contribution < -0.4 is 9.47 Å². The molecule has 1 fully saturated rings. The molecule has 1 heterocycles. The number of methoxy groups -OCH3 is 2. The fraction of sp³-hybridized carbons (Fsp3) is 0.500. The van der Waals surface area contributed by atoms with E-state index in [-0.39, 0.29) is 22.1 Å². The fourth-order valence-corrected chi connectivity index (χ4v) is 2.69. The second kappa shape index (κ2) is 6.29. The van der Waals surface area contributed by atoms with Crippen LogP contribution in [0.1, 0.15) is 17.5 Å². The van der Waals surface area contributed by atoms with Gasteiger partial charge in [0.15, 0.2) is 11.5 Å². The largest absolute Gasteiger partial charge is 0.493 e. The molecule has 0 saturated carbocycles. The number of rotatable bonds is 3. The average Bonchev–Trinajstić information content (AvgIpc) is 2.90. The summed E-state index contributed by atoms with van der Waals surface area (Å²) in [5.41, 5.74) is -0.722. The Bertz CT molecular complexity index is 577. The second-order valence-corrected chi connectivity index (χ2v) is 5.34. The highest BCUT2D eigenvalue weighted by Crippen LogP contribution is 2.42. The van der Waals surface area contributed by atoms with E-state index in [1.54, 1.807) is 4.90 Å². The smallest absolute Gasteiger partial charge is 0.420 e. The number of aliphatic hydroxyl groups is 1. The number of thiocarbonyl (C=S) groups is 1. The normalized spacial score (nSPS) is 18.5. The van der Waals surface area contributed by atoms with E-state index < -0.39 is 17.8 Å². The Morgan fingerprint density at radius 3 is 2.45 bits per heavy atom. The van der Waals surface area contributed by atoms with E-state index in [0.29, 0.717) is 19.5 Å². The third-order valence-corrected chi connectivity index (χ3v) is 3.98. The van der Waals surface area contributed by atoms with Crippen molar-refractivity contribution in [3.05, 3.63) is 23.3 Å². The zero-order chi connectivity index (χ0) is 16.5. The van der Waals surface area contributed by atoms with Crippen LogP contribution in [0.3, 0.4) is 0 Å². The molecule has 1 saturated heterocycles. The molecule has 1 aliphatic heterocycles. The minimum Gasteiger partial charge on any atom is -0.493 e. The molecule has 1 aromatic carbocycles. The lowest BCUT2D eigenvalue weighted by atomic mass is 10.1. The first kappa shape index (κ1) is 16.8. The first-order valence-corrected chi connectivity index (χ1v) is 6.99. The molecular weight excluding hydrogens is 319 g/mol. The van der Waals surface area contributed by atoms with Crippen molar-refractivity contribution in [2.75, 3.05) is 27.3 Å². The molecule has 1 atom stereocenters. The Morgan fingerprint density at radius 1 is 1.32 bits per heavy atom. The number of halogens is 3. The van der Waals surface area contributed by atoms with Crippen molar-refractivity contribution < 1.29 is 27.8 Å². The minimum atomic E-state index is -4.59. The third-order valence-electron chi connectivity index (χ3n) is 3.48. The number of hydrogen-bond donors (Lipinski definition) is 1. The fourth-order valence-electron chi connectivity index (χ4n) is 2.41. The Morgan fingerprint density at radius 2 is 2.00 bits per heavy atom. The lowest BCUT2D eigenvalue weighted by molar-refractivity contribution is -0.138. The van der Waals surface area contributed by atoms with Crippen LogP contribution in [-0.4, -0.2) is 48.4 Å². The molecule has 0 bridgehead atoms. The molecule has 0 unspecified atom stereocenters. The van der Waals surface area contributed by atoms with E-state index in [4.69, 9.17) is 21.7 Å². The van der Waals surface area contributed by atoms with Crippen LogP contribution in [0.4, 0.5) is 13.2 Å². The molecule has 4 nitrogen and oxygen atoms in total. The van der Waals surface area contributed by atoms with Gasteiger partial charge in [-0.2, -0.15) is 13.2 Å². The highest BCUT2D eigenvalue weighted by molar-refractivity contribution is 7.80. The van der Waals surface area contributed by atoms with Crippen molar-refractivity contribution in [2.45, 2.75) is 18.7 Å². The van der Waals surface area contributed by atoms with Crippen LogP contribution in [-0.2, 0) is 6.18 Å². The SMILES string of the molecule is COc1cc(C(=S)N2CC[C@H](O)C2)cc(C(F)(F)F)c1OC. The predicted octanol–water partition coefficient (Wildman–Crippen LogP) is 2.46. The van der Waals surface area contributed by atoms with Gasteiger partial charge in [-0.1, -0.05) is 12.2 Å². The minimum absolute atomic E-state index is 0.0329. The Kier molecular flexibility index (Phi) is 4.81. The molecule has 2 rings (SSSR count). The average molecular weight is 335 g/mol. The Labute approximate surface area is 131 Å². The van der Waals surface area contributed by atoms with Crippen LogP contribution in [0.15, 0.2) is 12.1 Å². The van der Waals surface area contributed by atoms with Gasteiger partial charge in [-0.3, -0.25) is 0 Å². The number of aliphatic hydroxyl groups excluding tert-OH is 1. The molecule has 122 valence electrons. The van der Waals surface area contributed by atoms with E-state index in [1.807, 2.05) is 0 Å². The monoisotopic (exact) mass is 335 g/mol. The van der Waals surface area contributed by atoms with E-state index in [1.165, 1.54) is 13.2 Å². The summed E-state index contributed by atoms with van der Waals surface area (Å²) in [6.45, 7) is 0.824. The lowest BCUT2D eigenvalue weighted by Crippen LogP contribution is -2.29. The van der Waals surface area contributed by atoms with Crippen molar-refractivity contribution in [3.63, 3.8) is 0 Å². The maximum absolute atomic E-state index is 13.2. The van der Waals surface area contributed by atoms with Gasteiger partial charge in [-0.15, -0.1) is 0 Å². The van der Waals surface area contributed by atoms with Gasteiger partial charge >= 0.3 is 6.18 Å². The highest BCUT2D eigenvalue weighted by Gasteiger charge is 2.37. The van der Waals surface area contributed by atoms with Crippen molar-refractivity contribution in [2.24, 2.45) is 0 Å². The summed E-state index contributed by atoms with van der Waals surface area (Å²) in [5, 5.41) is 9.54. The van der Waals surface area contributed by atoms with E-state index in [9.17, 15) is 18.3 Å². The number of nitrogens with zero attached hydrogens (tertiary/aromatic N) is 1. The standard InChI is InChI=1S/C14H16F3NO3S/c1-20-11-6-8(13(22)18-4-3-9(19)7-18)5-10(12(11)21-2)14(15,16)17/h5-6,9,19H,3-4,7H2,1-2H3/t9-/m0/s1. The molecule has 0 aromatic heterocycles. The molecule has 8 heteroatoms. The molecule has 1 N–H and O–H groups in total. The predicted molar refractivity (Wildman–Crippen MR) is 78.4 cm³/mol. The van der Waals surface area contributed by atoms with Gasteiger partial charge in [0.05, 0.1) is 20.3 Å². The Hall–Kier alpha value is -1.54. The maximum atomic E-state index is 13.2. The number of hydrogen-bond acceptors (Lipinski definition) is 4. The van der Waals surface area contributed by atoms with E-state index in [0.717, 1.165) is 13.2 Å². The quantitative estimate of drug-likeness (QED) is 0.860. The summed E-state index contributed by atoms with van der Waals surface area (Å²) >= 11 is 5.25. The van der Waals surface area contributed by atoms with Crippen LogP contribution in [0.2, 0.25) is 0 Å². The number of alkyl halides is 3. The van der Waals surface area contributed by atoms with Gasteiger partial charge in [0.25, 0.3) is 0 Å². The van der Waals surface area contributed by atoms with Gasteiger partial charge in [-0.05, 0) is 18.6 Å². The molecule has 0 radical (unpaired) electrons. The second-order valence-electron chi connectivity index (χ2n) is 4.95. The first-order valence-electron chi connectivity index (χ1n) is 6.58. The lowest BCUT2D eigenvalue weighted by Gasteiger charge is -2.22. The molecular formula is C14H16F3NO3S. The number of likely N-dealkylation sites (tertiary alicyclic amines) is 1. The van der Waals surface area contributed by atoms with Gasteiger partial charge in [0, 0.05) is 18.7 Å². The highest BCUT2D eigenvalue weighted by atomic mass is 32.1. The van der Waals surface area contributed by atoms with Gasteiger partial charge in [0.1, 0.15) is 10.6 Å². The van der Waals surface area contributed by atoms with Crippen LogP contribution in [0, 0.1) is 0 Å². The van der Waals surface area contributed by atoms with Gasteiger partial charge in [-0.25, -0.2) is 0 Å². The topological polar surface area (TPSA) is 41.9 Å². The summed E-state index contributed by atoms with van der Waals surface area (Å²) in [4.78, 5) is 1.93. The van der Waals surface area contributed by atoms with Crippen molar-refractivity contribution in [1.29, 1.82) is 0 Å². The number of β-amino-alcohol motifs (C(OH)–C–C–N with tert-alkyl or cyclic N) is 1. The third kappa shape index (κ3) is 3.27. The maximum Gasteiger partial charge on any atom is 0.420 e. The van der Waals surface area contributed by atoms with E-state index in [2.05, 4.69) is 0 Å². The number of benzene rings is 1. The molecule has 0 amide bonds. The molecule has 22 heavy (non-hydrogen) atoms. The summed E-state index contributed by atoms with van der Waals surface area (Å²) < 4.78 is 49.4. The van der Waals surface area contributed by atoms with Crippen LogP contribution in [0.25, 0.3) is 0 Å². The van der Waals surface area contributed by atoms with Gasteiger partial charge in [0.2, 0.25) is 0 Å². The zero-order valence-corrected chi connectivity index (χ0v) is 12.9. The molecule has 0 spiro atoms.